The SMILES string of the molecule is CN(C)c1ccc(C=NNC(=O)c2ccccc2O)cc1[N+](=O)[O-]. The van der Waals surface area contributed by atoms with Crippen molar-refractivity contribution in [3.8, 4) is 5.75 Å². The number of anilines is 1. The van der Waals surface area contributed by atoms with E-state index in [2.05, 4.69) is 10.5 Å². The molecule has 0 saturated carbocycles. The van der Waals surface area contributed by atoms with Crippen LogP contribution in [0, 0.1) is 10.1 Å². The van der Waals surface area contributed by atoms with Crippen molar-refractivity contribution in [2.24, 2.45) is 5.10 Å². The van der Waals surface area contributed by atoms with E-state index in [-0.39, 0.29) is 17.0 Å². The summed E-state index contributed by atoms with van der Waals surface area (Å²) in [6.07, 6.45) is 1.30. The van der Waals surface area contributed by atoms with Gasteiger partial charge in [0, 0.05) is 25.7 Å². The first-order chi connectivity index (χ1) is 11.4. The fraction of sp³-hybridized carbons (Fsp3) is 0.125. The van der Waals surface area contributed by atoms with Gasteiger partial charge in [0.05, 0.1) is 16.7 Å². The number of amides is 1. The molecular formula is C16H16N4O4. The van der Waals surface area contributed by atoms with Gasteiger partial charge in [-0.05, 0) is 18.2 Å². The monoisotopic (exact) mass is 328 g/mol. The predicted octanol–water partition coefficient (Wildman–Crippen LogP) is 2.13. The molecule has 2 aromatic carbocycles. The third-order valence-corrected chi connectivity index (χ3v) is 3.21. The molecule has 2 N–H and O–H groups in total. The summed E-state index contributed by atoms with van der Waals surface area (Å²) in [4.78, 5) is 24.2. The van der Waals surface area contributed by atoms with Crippen molar-refractivity contribution >= 4 is 23.5 Å². The Morgan fingerprint density at radius 1 is 1.29 bits per heavy atom. The van der Waals surface area contributed by atoms with E-state index in [4.69, 9.17) is 0 Å². The molecule has 2 rings (SSSR count). The predicted molar refractivity (Wildman–Crippen MR) is 90.6 cm³/mol. The lowest BCUT2D eigenvalue weighted by molar-refractivity contribution is -0.384. The number of nitrogens with one attached hydrogen (secondary N) is 1. The quantitative estimate of drug-likeness (QED) is 0.496. The maximum atomic E-state index is 11.9. The van der Waals surface area contributed by atoms with Gasteiger partial charge in [-0.15, -0.1) is 0 Å². The fourth-order valence-corrected chi connectivity index (χ4v) is 2.04. The second-order valence-corrected chi connectivity index (χ2v) is 5.12. The number of hydrazone groups is 1. The Kier molecular flexibility index (Phi) is 5.10. The molecule has 0 aliphatic carbocycles. The Morgan fingerprint density at radius 3 is 2.62 bits per heavy atom. The van der Waals surface area contributed by atoms with Gasteiger partial charge in [0.2, 0.25) is 0 Å². The Bertz CT molecular complexity index is 802. The Morgan fingerprint density at radius 2 is 2.00 bits per heavy atom. The minimum atomic E-state index is -0.580. The number of phenolic OH excluding ortho intramolecular Hbond substituents is 1. The molecule has 0 aromatic heterocycles. The number of carbonyl (C=O) groups excluding carboxylic acids is 1. The minimum Gasteiger partial charge on any atom is -0.507 e. The van der Waals surface area contributed by atoms with Crippen LogP contribution in [0.25, 0.3) is 0 Å². The van der Waals surface area contributed by atoms with Crippen molar-refractivity contribution in [1.29, 1.82) is 0 Å². The molecule has 24 heavy (non-hydrogen) atoms. The van der Waals surface area contributed by atoms with Gasteiger partial charge in [-0.25, -0.2) is 5.43 Å². The standard InChI is InChI=1S/C16H16N4O4/c1-19(2)13-8-7-11(9-14(13)20(23)24)10-17-18-16(22)12-5-3-4-6-15(12)21/h3-10,21H,1-2H3,(H,18,22). The van der Waals surface area contributed by atoms with Crippen molar-refractivity contribution < 1.29 is 14.8 Å². The van der Waals surface area contributed by atoms with Gasteiger partial charge in [-0.1, -0.05) is 18.2 Å². The summed E-state index contributed by atoms with van der Waals surface area (Å²) in [6, 6.07) is 10.7. The molecule has 0 saturated heterocycles. The van der Waals surface area contributed by atoms with Gasteiger partial charge in [0.15, 0.2) is 0 Å². The van der Waals surface area contributed by atoms with E-state index in [0.717, 1.165) is 0 Å². The summed E-state index contributed by atoms with van der Waals surface area (Å²) in [7, 11) is 3.42. The molecule has 0 aliphatic heterocycles. The van der Waals surface area contributed by atoms with E-state index in [9.17, 15) is 20.0 Å². The molecule has 8 heteroatoms. The van der Waals surface area contributed by atoms with Crippen molar-refractivity contribution in [1.82, 2.24) is 5.43 Å². The highest BCUT2D eigenvalue weighted by Gasteiger charge is 2.15. The Balaban J connectivity index is 2.15. The molecule has 0 unspecified atom stereocenters. The van der Waals surface area contributed by atoms with Gasteiger partial charge in [-0.3, -0.25) is 14.9 Å². The highest BCUT2D eigenvalue weighted by Crippen LogP contribution is 2.27. The number of hydrogen-bond donors (Lipinski definition) is 2. The maximum Gasteiger partial charge on any atom is 0.293 e. The van der Waals surface area contributed by atoms with E-state index in [1.807, 2.05) is 0 Å². The van der Waals surface area contributed by atoms with Gasteiger partial charge in [0.25, 0.3) is 11.6 Å². The van der Waals surface area contributed by atoms with E-state index in [0.29, 0.717) is 11.3 Å². The Labute approximate surface area is 138 Å². The topological polar surface area (TPSA) is 108 Å². The molecule has 0 spiro atoms. The van der Waals surface area contributed by atoms with Crippen LogP contribution in [0.1, 0.15) is 15.9 Å². The zero-order valence-corrected chi connectivity index (χ0v) is 13.1. The number of para-hydroxylation sites is 1. The van der Waals surface area contributed by atoms with E-state index < -0.39 is 10.8 Å². The third kappa shape index (κ3) is 3.86. The van der Waals surface area contributed by atoms with Crippen molar-refractivity contribution in [3.63, 3.8) is 0 Å². The zero-order valence-electron chi connectivity index (χ0n) is 13.1. The summed E-state index contributed by atoms with van der Waals surface area (Å²) in [5.41, 5.74) is 3.22. The number of nitrogens with zero attached hydrogens (tertiary/aromatic N) is 3. The van der Waals surface area contributed by atoms with Crippen LogP contribution in [-0.2, 0) is 0 Å². The first-order valence-electron chi connectivity index (χ1n) is 6.97. The zero-order chi connectivity index (χ0) is 17.7. The highest BCUT2D eigenvalue weighted by atomic mass is 16.6. The van der Waals surface area contributed by atoms with Crippen LogP contribution in [0.15, 0.2) is 47.6 Å². The summed E-state index contributed by atoms with van der Waals surface area (Å²) in [5.74, 6) is -0.736. The first-order valence-corrected chi connectivity index (χ1v) is 6.97. The van der Waals surface area contributed by atoms with Crippen molar-refractivity contribution in [2.45, 2.75) is 0 Å². The molecule has 1 amide bonds. The molecular weight excluding hydrogens is 312 g/mol. The van der Waals surface area contributed by atoms with Gasteiger partial charge in [0.1, 0.15) is 11.4 Å². The number of nitro groups is 1. The van der Waals surface area contributed by atoms with E-state index >= 15 is 0 Å². The number of carbonyl (C=O) groups is 1. The van der Waals surface area contributed by atoms with E-state index in [1.54, 1.807) is 43.3 Å². The number of nitro benzene ring substituents is 1. The van der Waals surface area contributed by atoms with Crippen LogP contribution in [0.3, 0.4) is 0 Å². The number of hydrogen-bond acceptors (Lipinski definition) is 6. The summed E-state index contributed by atoms with van der Waals surface area (Å²) >= 11 is 0. The number of rotatable bonds is 5. The van der Waals surface area contributed by atoms with Crippen LogP contribution >= 0.6 is 0 Å². The number of phenols is 1. The smallest absolute Gasteiger partial charge is 0.293 e. The summed E-state index contributed by atoms with van der Waals surface area (Å²) in [6.45, 7) is 0. The molecule has 0 atom stereocenters. The largest absolute Gasteiger partial charge is 0.507 e. The van der Waals surface area contributed by atoms with Crippen LogP contribution in [0.4, 0.5) is 11.4 Å². The van der Waals surface area contributed by atoms with Crippen molar-refractivity contribution in [3.05, 3.63) is 63.7 Å². The summed E-state index contributed by atoms with van der Waals surface area (Å²) in [5, 5.41) is 24.5. The average molecular weight is 328 g/mol. The first kappa shape index (κ1) is 16.9. The second kappa shape index (κ2) is 7.23. The van der Waals surface area contributed by atoms with Gasteiger partial charge < -0.3 is 10.0 Å². The lowest BCUT2D eigenvalue weighted by Crippen LogP contribution is -2.17. The third-order valence-electron chi connectivity index (χ3n) is 3.21. The second-order valence-electron chi connectivity index (χ2n) is 5.12. The normalized spacial score (nSPS) is 10.6. The van der Waals surface area contributed by atoms with Crippen LogP contribution < -0.4 is 10.3 Å². The molecule has 0 radical (unpaired) electrons. The average Bonchev–Trinajstić information content (AvgIpc) is 2.54. The molecule has 0 heterocycles. The summed E-state index contributed by atoms with van der Waals surface area (Å²) < 4.78 is 0. The lowest BCUT2D eigenvalue weighted by Gasteiger charge is -2.12. The Hall–Kier alpha value is -3.42. The molecule has 0 bridgehead atoms. The maximum absolute atomic E-state index is 11.9. The number of aromatic hydroxyl groups is 1. The fourth-order valence-electron chi connectivity index (χ4n) is 2.04. The lowest BCUT2D eigenvalue weighted by atomic mass is 10.2. The molecule has 0 fully saturated rings. The van der Waals surface area contributed by atoms with Crippen LogP contribution in [0.5, 0.6) is 5.75 Å². The number of benzene rings is 2. The molecule has 0 aliphatic rings. The van der Waals surface area contributed by atoms with Crippen LogP contribution in [0.2, 0.25) is 0 Å². The highest BCUT2D eigenvalue weighted by molar-refractivity contribution is 5.97. The van der Waals surface area contributed by atoms with Gasteiger partial charge >= 0.3 is 0 Å². The molecule has 8 nitrogen and oxygen atoms in total. The van der Waals surface area contributed by atoms with Crippen molar-refractivity contribution in [2.75, 3.05) is 19.0 Å². The van der Waals surface area contributed by atoms with Gasteiger partial charge in [-0.2, -0.15) is 5.10 Å². The van der Waals surface area contributed by atoms with E-state index in [1.165, 1.54) is 24.4 Å². The molecule has 124 valence electrons. The molecule has 2 aromatic rings. The van der Waals surface area contributed by atoms with Crippen LogP contribution in [-0.4, -0.2) is 36.2 Å². The minimum absolute atomic E-state index is 0.0593.